The van der Waals surface area contributed by atoms with Crippen molar-refractivity contribution in [3.63, 3.8) is 0 Å². The Labute approximate surface area is 188 Å². The molecule has 0 bridgehead atoms. The zero-order valence-electron chi connectivity index (χ0n) is 19.5. The Morgan fingerprint density at radius 2 is 2.09 bits per heavy atom. The third kappa shape index (κ3) is 4.46. The van der Waals surface area contributed by atoms with Gasteiger partial charge in [-0.05, 0) is 46.8 Å². The zero-order valence-corrected chi connectivity index (χ0v) is 19.5. The first-order valence-corrected chi connectivity index (χ1v) is 11.1. The topological polar surface area (TPSA) is 83.4 Å². The molecule has 1 N–H and O–H groups in total. The number of furan rings is 1. The zero-order chi connectivity index (χ0) is 23.1. The highest BCUT2D eigenvalue weighted by atomic mass is 19.1. The van der Waals surface area contributed by atoms with Crippen LogP contribution in [-0.4, -0.2) is 77.7 Å². The molecule has 0 spiro atoms. The van der Waals surface area contributed by atoms with E-state index in [2.05, 4.69) is 29.0 Å². The van der Waals surface area contributed by atoms with Crippen molar-refractivity contribution in [2.75, 3.05) is 39.5 Å². The van der Waals surface area contributed by atoms with E-state index < -0.39 is 23.5 Å². The van der Waals surface area contributed by atoms with Gasteiger partial charge in [-0.15, -0.1) is 0 Å². The Morgan fingerprint density at radius 3 is 2.72 bits per heavy atom. The van der Waals surface area contributed by atoms with Gasteiger partial charge in [-0.25, -0.2) is 9.18 Å². The number of aromatic nitrogens is 1. The van der Waals surface area contributed by atoms with Gasteiger partial charge in [0.25, 0.3) is 0 Å². The second-order valence-electron chi connectivity index (χ2n) is 10.0. The fourth-order valence-electron chi connectivity index (χ4n) is 4.32. The molecule has 0 radical (unpaired) electrons. The van der Waals surface area contributed by atoms with Crippen LogP contribution in [0.25, 0.3) is 11.0 Å². The highest BCUT2D eigenvalue weighted by Crippen LogP contribution is 2.39. The first-order chi connectivity index (χ1) is 15.1. The predicted molar refractivity (Wildman–Crippen MR) is 118 cm³/mol. The van der Waals surface area contributed by atoms with Crippen molar-refractivity contribution in [3.8, 4) is 0 Å². The van der Waals surface area contributed by atoms with E-state index in [0.29, 0.717) is 26.2 Å². The number of hydrogen-bond donors (Lipinski definition) is 1. The number of nitrogens with zero attached hydrogens (tertiary/aromatic N) is 3. The molecule has 2 saturated heterocycles. The van der Waals surface area contributed by atoms with Crippen LogP contribution in [0.5, 0.6) is 0 Å². The summed E-state index contributed by atoms with van der Waals surface area (Å²) in [4.78, 5) is 21.2. The van der Waals surface area contributed by atoms with Crippen LogP contribution < -0.4 is 5.32 Å². The molecule has 4 heterocycles. The largest absolute Gasteiger partial charge is 0.459 e. The van der Waals surface area contributed by atoms with E-state index in [1.807, 2.05) is 32.9 Å². The average Bonchev–Trinajstić information content (AvgIpc) is 3.39. The second kappa shape index (κ2) is 8.28. The number of pyridine rings is 1. The molecule has 0 aliphatic carbocycles. The summed E-state index contributed by atoms with van der Waals surface area (Å²) in [7, 11) is 0. The number of ether oxygens (including phenoxy) is 2. The van der Waals surface area contributed by atoms with Gasteiger partial charge in [0.05, 0.1) is 18.2 Å². The van der Waals surface area contributed by atoms with Crippen molar-refractivity contribution in [3.05, 3.63) is 30.3 Å². The number of amides is 1. The standard InChI is InChI=1S/C23H33FN4O4/c1-21(2,3)32-20(29)28-11-10-27(14-18(28)23(15-30-23)26-9-7-24)22(4,5)19-12-16-13-25-8-6-17(16)31-19/h6,8,12-13,18,26H,7,9-11,14-15H2,1-5H3/t18-,23?/m0/s1. The summed E-state index contributed by atoms with van der Waals surface area (Å²) < 4.78 is 30.5. The Hall–Kier alpha value is -2.23. The van der Waals surface area contributed by atoms with Crippen LogP contribution in [0.4, 0.5) is 9.18 Å². The minimum Gasteiger partial charge on any atom is -0.459 e. The normalized spacial score (nSPS) is 24.7. The van der Waals surface area contributed by atoms with Gasteiger partial charge >= 0.3 is 6.09 Å². The Balaban J connectivity index is 1.60. The molecule has 8 nitrogen and oxygen atoms in total. The molecular weight excluding hydrogens is 415 g/mol. The van der Waals surface area contributed by atoms with Crippen molar-refractivity contribution < 1.29 is 23.1 Å². The summed E-state index contributed by atoms with van der Waals surface area (Å²) in [5.74, 6) is 0.826. The molecule has 176 valence electrons. The van der Waals surface area contributed by atoms with Crippen LogP contribution in [0.3, 0.4) is 0 Å². The molecule has 4 rings (SSSR count). The van der Waals surface area contributed by atoms with Gasteiger partial charge in [-0.1, -0.05) is 0 Å². The van der Waals surface area contributed by atoms with E-state index in [-0.39, 0.29) is 18.7 Å². The molecule has 0 saturated carbocycles. The number of piperazine rings is 1. The number of fused-ring (bicyclic) bond motifs is 1. The second-order valence-corrected chi connectivity index (χ2v) is 10.0. The molecule has 2 aromatic heterocycles. The average molecular weight is 449 g/mol. The van der Waals surface area contributed by atoms with Crippen molar-refractivity contribution >= 4 is 17.1 Å². The van der Waals surface area contributed by atoms with Gasteiger partial charge in [-0.2, -0.15) is 0 Å². The Bertz CT molecular complexity index is 933. The maximum atomic E-state index is 13.0. The highest BCUT2D eigenvalue weighted by molar-refractivity contribution is 5.76. The molecule has 2 fully saturated rings. The van der Waals surface area contributed by atoms with Gasteiger partial charge in [0, 0.05) is 44.0 Å². The maximum absolute atomic E-state index is 13.0. The van der Waals surface area contributed by atoms with Crippen molar-refractivity contribution in [1.82, 2.24) is 20.1 Å². The molecule has 2 aromatic rings. The number of carbonyl (C=O) groups is 1. The lowest BCUT2D eigenvalue weighted by Gasteiger charge is -2.48. The van der Waals surface area contributed by atoms with Crippen LogP contribution in [-0.2, 0) is 15.0 Å². The first kappa shape index (κ1) is 22.9. The summed E-state index contributed by atoms with van der Waals surface area (Å²) in [5.41, 5.74) is -1.02. The highest BCUT2D eigenvalue weighted by Gasteiger charge is 2.57. The van der Waals surface area contributed by atoms with Crippen LogP contribution >= 0.6 is 0 Å². The molecular formula is C23H33FN4O4. The van der Waals surface area contributed by atoms with E-state index in [1.54, 1.807) is 17.3 Å². The fraction of sp³-hybridized carbons (Fsp3) is 0.652. The molecule has 1 unspecified atom stereocenters. The van der Waals surface area contributed by atoms with Gasteiger partial charge < -0.3 is 13.9 Å². The van der Waals surface area contributed by atoms with Gasteiger partial charge in [-0.3, -0.25) is 20.1 Å². The summed E-state index contributed by atoms with van der Waals surface area (Å²) in [6.07, 6.45) is 3.12. The smallest absolute Gasteiger partial charge is 0.410 e. The Kier molecular flexibility index (Phi) is 5.94. The van der Waals surface area contributed by atoms with Crippen LogP contribution in [0.2, 0.25) is 0 Å². The van der Waals surface area contributed by atoms with Crippen molar-refractivity contribution in [2.24, 2.45) is 0 Å². The van der Waals surface area contributed by atoms with E-state index in [0.717, 1.165) is 16.7 Å². The lowest BCUT2D eigenvalue weighted by Crippen LogP contribution is -2.66. The lowest BCUT2D eigenvalue weighted by molar-refractivity contribution is -0.0457. The van der Waals surface area contributed by atoms with Crippen LogP contribution in [0.1, 0.15) is 40.4 Å². The van der Waals surface area contributed by atoms with E-state index >= 15 is 0 Å². The van der Waals surface area contributed by atoms with Crippen molar-refractivity contribution in [2.45, 2.75) is 57.5 Å². The quantitative estimate of drug-likeness (QED) is 0.679. The number of carbonyl (C=O) groups excluding carboxylic acids is 1. The van der Waals surface area contributed by atoms with E-state index in [9.17, 15) is 9.18 Å². The molecule has 2 aliphatic rings. The molecule has 0 aromatic carbocycles. The number of epoxide rings is 1. The SMILES string of the molecule is CC(C)(C)OC(=O)N1CCN(C(C)(C)c2cc3cnccc3o2)C[C@H]1C1(NCCF)CO1. The summed E-state index contributed by atoms with van der Waals surface area (Å²) in [5, 5.41) is 4.12. The van der Waals surface area contributed by atoms with Crippen LogP contribution in [0.15, 0.2) is 28.9 Å². The third-order valence-corrected chi connectivity index (χ3v) is 6.23. The molecule has 9 heteroatoms. The third-order valence-electron chi connectivity index (χ3n) is 6.23. The monoisotopic (exact) mass is 448 g/mol. The number of rotatable bonds is 6. The lowest BCUT2D eigenvalue weighted by atomic mass is 9.94. The summed E-state index contributed by atoms with van der Waals surface area (Å²) in [6, 6.07) is 3.54. The minimum atomic E-state index is -0.768. The maximum Gasteiger partial charge on any atom is 0.410 e. The first-order valence-electron chi connectivity index (χ1n) is 11.1. The fourth-order valence-corrected chi connectivity index (χ4v) is 4.32. The van der Waals surface area contributed by atoms with Crippen molar-refractivity contribution in [1.29, 1.82) is 0 Å². The molecule has 32 heavy (non-hydrogen) atoms. The van der Waals surface area contributed by atoms with Gasteiger partial charge in [0.15, 0.2) is 5.72 Å². The summed E-state index contributed by atoms with van der Waals surface area (Å²) in [6.45, 7) is 11.5. The minimum absolute atomic E-state index is 0.165. The number of halogens is 1. The molecule has 1 amide bonds. The van der Waals surface area contributed by atoms with E-state index in [1.165, 1.54) is 0 Å². The van der Waals surface area contributed by atoms with Crippen LogP contribution in [0, 0.1) is 0 Å². The molecule has 2 atom stereocenters. The molecule has 2 aliphatic heterocycles. The Morgan fingerprint density at radius 1 is 1.34 bits per heavy atom. The van der Waals surface area contributed by atoms with E-state index in [4.69, 9.17) is 13.9 Å². The number of hydrogen-bond acceptors (Lipinski definition) is 7. The van der Waals surface area contributed by atoms with Gasteiger partial charge in [0.2, 0.25) is 0 Å². The summed E-state index contributed by atoms with van der Waals surface area (Å²) >= 11 is 0. The number of alkyl halides is 1. The predicted octanol–water partition coefficient (Wildman–Crippen LogP) is 3.27. The number of nitrogens with one attached hydrogen (secondary N) is 1. The van der Waals surface area contributed by atoms with Gasteiger partial charge in [0.1, 0.15) is 23.6 Å².